The lowest BCUT2D eigenvalue weighted by atomic mass is 9.95. The molecule has 0 aromatic heterocycles. The van der Waals surface area contributed by atoms with Crippen molar-refractivity contribution in [1.82, 2.24) is 10.2 Å². The molecule has 2 amide bonds. The van der Waals surface area contributed by atoms with E-state index in [1.807, 2.05) is 37.3 Å². The van der Waals surface area contributed by atoms with E-state index in [0.29, 0.717) is 18.7 Å². The molecule has 36 heavy (non-hydrogen) atoms. The number of anilines is 1. The second-order valence-corrected chi connectivity index (χ2v) is 11.6. The van der Waals surface area contributed by atoms with Crippen LogP contribution in [-0.2, 0) is 26.2 Å². The molecule has 1 fully saturated rings. The first-order chi connectivity index (χ1) is 17.2. The Labute approximate surface area is 215 Å². The van der Waals surface area contributed by atoms with Crippen LogP contribution >= 0.6 is 0 Å². The molecular formula is C28H39N3O4S. The highest BCUT2D eigenvalue weighted by Crippen LogP contribution is 2.21. The Balaban J connectivity index is 1.71. The second kappa shape index (κ2) is 12.9. The number of hydrogen-bond donors (Lipinski definition) is 1. The molecule has 8 heteroatoms. The number of sulfonamides is 1. The molecular weight excluding hydrogens is 474 g/mol. The minimum absolute atomic E-state index is 0.133. The number of carbonyl (C=O) groups is 2. The third-order valence-electron chi connectivity index (χ3n) is 6.92. The van der Waals surface area contributed by atoms with Crippen LogP contribution in [0.2, 0.25) is 0 Å². The van der Waals surface area contributed by atoms with Crippen molar-refractivity contribution in [2.75, 3.05) is 17.1 Å². The summed E-state index contributed by atoms with van der Waals surface area (Å²) in [6.45, 7) is 4.30. The van der Waals surface area contributed by atoms with Gasteiger partial charge in [-0.05, 0) is 56.4 Å². The van der Waals surface area contributed by atoms with E-state index in [1.165, 1.54) is 17.0 Å². The standard InChI is InChI=1S/C28H39N3O4S/c1-22-13-10-11-14-24(22)21-30(23(2)28(33)29-25-15-6-4-7-16-25)27(32)19-12-20-31(36(3,34)35)26-17-8-5-9-18-26/h5,8-11,13-14,17-18,23,25H,4,6-7,12,15-16,19-21H2,1-3H3,(H,29,33)/t23-/m0/s1. The third kappa shape index (κ3) is 7.82. The average Bonchev–Trinajstić information content (AvgIpc) is 2.86. The van der Waals surface area contributed by atoms with E-state index >= 15 is 0 Å². The van der Waals surface area contributed by atoms with Crippen LogP contribution in [0.5, 0.6) is 0 Å². The lowest BCUT2D eigenvalue weighted by Crippen LogP contribution is -2.50. The van der Waals surface area contributed by atoms with Gasteiger partial charge in [-0.3, -0.25) is 13.9 Å². The van der Waals surface area contributed by atoms with Crippen molar-refractivity contribution in [2.45, 2.75) is 77.4 Å². The topological polar surface area (TPSA) is 86.8 Å². The molecule has 1 saturated carbocycles. The zero-order valence-corrected chi connectivity index (χ0v) is 22.5. The molecule has 196 valence electrons. The average molecular weight is 514 g/mol. The first-order valence-corrected chi connectivity index (χ1v) is 14.7. The Hall–Kier alpha value is -2.87. The van der Waals surface area contributed by atoms with Gasteiger partial charge in [0, 0.05) is 25.6 Å². The summed E-state index contributed by atoms with van der Waals surface area (Å²) in [6, 6.07) is 16.3. The molecule has 0 unspecified atom stereocenters. The monoisotopic (exact) mass is 513 g/mol. The van der Waals surface area contributed by atoms with Gasteiger partial charge >= 0.3 is 0 Å². The first-order valence-electron chi connectivity index (χ1n) is 12.8. The summed E-state index contributed by atoms with van der Waals surface area (Å²) in [7, 11) is -3.49. The van der Waals surface area contributed by atoms with Crippen molar-refractivity contribution in [2.24, 2.45) is 0 Å². The molecule has 1 aliphatic rings. The van der Waals surface area contributed by atoms with Crippen LogP contribution in [0.1, 0.15) is 63.0 Å². The Morgan fingerprint density at radius 1 is 1.00 bits per heavy atom. The molecule has 2 aromatic rings. The highest BCUT2D eigenvalue weighted by Gasteiger charge is 2.28. The fraction of sp³-hybridized carbons (Fsp3) is 0.500. The van der Waals surface area contributed by atoms with Gasteiger partial charge in [0.2, 0.25) is 21.8 Å². The third-order valence-corrected chi connectivity index (χ3v) is 8.11. The largest absolute Gasteiger partial charge is 0.352 e. The lowest BCUT2D eigenvalue weighted by Gasteiger charge is -2.32. The van der Waals surface area contributed by atoms with Crippen molar-refractivity contribution in [3.63, 3.8) is 0 Å². The molecule has 0 bridgehead atoms. The minimum atomic E-state index is -3.49. The fourth-order valence-electron chi connectivity index (χ4n) is 4.72. The van der Waals surface area contributed by atoms with Crippen LogP contribution in [0.4, 0.5) is 5.69 Å². The van der Waals surface area contributed by atoms with Crippen LogP contribution < -0.4 is 9.62 Å². The summed E-state index contributed by atoms with van der Waals surface area (Å²) in [5.41, 5.74) is 2.62. The van der Waals surface area contributed by atoms with E-state index < -0.39 is 16.1 Å². The van der Waals surface area contributed by atoms with Gasteiger partial charge in [-0.1, -0.05) is 61.7 Å². The predicted molar refractivity (Wildman–Crippen MR) is 144 cm³/mol. The van der Waals surface area contributed by atoms with Crippen LogP contribution in [0, 0.1) is 6.92 Å². The molecule has 2 aromatic carbocycles. The Bertz CT molecular complexity index is 1110. The van der Waals surface area contributed by atoms with Gasteiger partial charge in [0.05, 0.1) is 11.9 Å². The first kappa shape index (κ1) is 27.7. The number of benzene rings is 2. The zero-order chi connectivity index (χ0) is 26.1. The summed E-state index contributed by atoms with van der Waals surface area (Å²) < 4.78 is 26.1. The summed E-state index contributed by atoms with van der Waals surface area (Å²) in [6.07, 6.45) is 7.05. The van der Waals surface area contributed by atoms with E-state index in [1.54, 1.807) is 36.1 Å². The van der Waals surface area contributed by atoms with E-state index in [4.69, 9.17) is 0 Å². The molecule has 7 nitrogen and oxygen atoms in total. The number of nitrogens with zero attached hydrogens (tertiary/aromatic N) is 2. The summed E-state index contributed by atoms with van der Waals surface area (Å²) in [5.74, 6) is -0.294. The van der Waals surface area contributed by atoms with Gasteiger partial charge in [0.1, 0.15) is 6.04 Å². The van der Waals surface area contributed by atoms with Crippen LogP contribution in [0.3, 0.4) is 0 Å². The van der Waals surface area contributed by atoms with Crippen molar-refractivity contribution in [3.8, 4) is 0 Å². The summed E-state index contributed by atoms with van der Waals surface area (Å²) in [5, 5.41) is 3.15. The molecule has 0 spiro atoms. The number of para-hydroxylation sites is 1. The van der Waals surface area contributed by atoms with Gasteiger partial charge in [-0.25, -0.2) is 8.42 Å². The van der Waals surface area contributed by atoms with E-state index in [-0.39, 0.29) is 30.8 Å². The molecule has 1 aliphatic carbocycles. The lowest BCUT2D eigenvalue weighted by molar-refractivity contribution is -0.141. The fourth-order valence-corrected chi connectivity index (χ4v) is 5.69. The van der Waals surface area contributed by atoms with Crippen LogP contribution in [0.25, 0.3) is 0 Å². The molecule has 0 radical (unpaired) electrons. The summed E-state index contributed by atoms with van der Waals surface area (Å²) >= 11 is 0. The van der Waals surface area contributed by atoms with Crippen molar-refractivity contribution < 1.29 is 18.0 Å². The van der Waals surface area contributed by atoms with Crippen molar-refractivity contribution in [3.05, 3.63) is 65.7 Å². The molecule has 0 saturated heterocycles. The van der Waals surface area contributed by atoms with Gasteiger partial charge in [0.25, 0.3) is 0 Å². The molecule has 3 rings (SSSR count). The SMILES string of the molecule is Cc1ccccc1CN(C(=O)CCCN(c1ccccc1)S(C)(=O)=O)[C@@H](C)C(=O)NC1CCCCC1. The van der Waals surface area contributed by atoms with Crippen LogP contribution in [0.15, 0.2) is 54.6 Å². The van der Waals surface area contributed by atoms with E-state index in [2.05, 4.69) is 5.32 Å². The summed E-state index contributed by atoms with van der Waals surface area (Å²) in [4.78, 5) is 28.2. The normalized spacial score (nSPS) is 15.2. The Morgan fingerprint density at radius 3 is 2.28 bits per heavy atom. The Kier molecular flexibility index (Phi) is 9.93. The maximum Gasteiger partial charge on any atom is 0.242 e. The van der Waals surface area contributed by atoms with E-state index in [9.17, 15) is 18.0 Å². The number of aryl methyl sites for hydroxylation is 1. The molecule has 0 aliphatic heterocycles. The minimum Gasteiger partial charge on any atom is -0.352 e. The zero-order valence-electron chi connectivity index (χ0n) is 21.7. The van der Waals surface area contributed by atoms with E-state index in [0.717, 1.165) is 36.8 Å². The quantitative estimate of drug-likeness (QED) is 0.482. The number of rotatable bonds is 11. The highest BCUT2D eigenvalue weighted by atomic mass is 32.2. The van der Waals surface area contributed by atoms with Gasteiger partial charge in [0.15, 0.2) is 0 Å². The number of amides is 2. The number of hydrogen-bond acceptors (Lipinski definition) is 4. The number of carbonyl (C=O) groups excluding carboxylic acids is 2. The van der Waals surface area contributed by atoms with Gasteiger partial charge in [-0.2, -0.15) is 0 Å². The molecule has 0 heterocycles. The molecule has 1 atom stereocenters. The number of nitrogens with one attached hydrogen (secondary N) is 1. The maximum atomic E-state index is 13.4. The Morgan fingerprint density at radius 2 is 1.64 bits per heavy atom. The smallest absolute Gasteiger partial charge is 0.242 e. The second-order valence-electron chi connectivity index (χ2n) is 9.74. The predicted octanol–water partition coefficient (Wildman–Crippen LogP) is 4.41. The van der Waals surface area contributed by atoms with Crippen LogP contribution in [-0.4, -0.2) is 50.0 Å². The van der Waals surface area contributed by atoms with Gasteiger partial charge in [-0.15, -0.1) is 0 Å². The highest BCUT2D eigenvalue weighted by molar-refractivity contribution is 7.92. The van der Waals surface area contributed by atoms with Gasteiger partial charge < -0.3 is 10.2 Å². The van der Waals surface area contributed by atoms with Crippen molar-refractivity contribution >= 4 is 27.5 Å². The molecule has 1 N–H and O–H groups in total. The maximum absolute atomic E-state index is 13.4. The van der Waals surface area contributed by atoms with Crippen molar-refractivity contribution in [1.29, 1.82) is 0 Å².